The monoisotopic (exact) mass is 369 g/mol. The third kappa shape index (κ3) is 5.20. The molecule has 1 aromatic carbocycles. The van der Waals surface area contributed by atoms with Crippen LogP contribution in [0.5, 0.6) is 0 Å². The van der Waals surface area contributed by atoms with Gasteiger partial charge in [-0.05, 0) is 36.9 Å². The van der Waals surface area contributed by atoms with Crippen molar-refractivity contribution in [1.29, 1.82) is 0 Å². The summed E-state index contributed by atoms with van der Waals surface area (Å²) in [6.07, 6.45) is 1.85. The molecule has 1 saturated heterocycles. The minimum atomic E-state index is -0.304. The normalized spacial score (nSPS) is 16.9. The molecule has 2 heterocycles. The van der Waals surface area contributed by atoms with E-state index in [1.165, 1.54) is 5.56 Å². The number of benzene rings is 1. The molecular weight excluding hydrogens is 342 g/mol. The van der Waals surface area contributed by atoms with Gasteiger partial charge in [-0.25, -0.2) is 0 Å². The molecule has 1 atom stereocenters. The van der Waals surface area contributed by atoms with Crippen LogP contribution in [0, 0.1) is 5.92 Å². The minimum absolute atomic E-state index is 0.00356. The summed E-state index contributed by atoms with van der Waals surface area (Å²) in [5, 5.41) is 2.98. The second-order valence-corrected chi connectivity index (χ2v) is 7.12. The number of nitrogens with zero attached hydrogens (tertiary/aromatic N) is 2. The lowest BCUT2D eigenvalue weighted by Gasteiger charge is -2.16. The van der Waals surface area contributed by atoms with Crippen LogP contribution >= 0.6 is 0 Å². The maximum atomic E-state index is 12.5. The topological polar surface area (TPSA) is 65.8 Å². The van der Waals surface area contributed by atoms with Crippen molar-refractivity contribution in [3.05, 3.63) is 59.5 Å². The number of carbonyl (C=O) groups is 2. The number of likely N-dealkylation sites (tertiary alicyclic amines) is 1. The highest BCUT2D eigenvalue weighted by Gasteiger charge is 2.34. The van der Waals surface area contributed by atoms with E-state index in [0.29, 0.717) is 19.6 Å². The number of amides is 2. The zero-order valence-corrected chi connectivity index (χ0v) is 16.0. The summed E-state index contributed by atoms with van der Waals surface area (Å²) < 4.78 is 5.29. The Morgan fingerprint density at radius 2 is 2.11 bits per heavy atom. The molecule has 1 aromatic heterocycles. The van der Waals surface area contributed by atoms with Gasteiger partial charge in [0, 0.05) is 26.1 Å². The first-order valence-corrected chi connectivity index (χ1v) is 9.39. The summed E-state index contributed by atoms with van der Waals surface area (Å²) in [5.74, 6) is 0.359. The molecule has 1 N–H and O–H groups in total. The second-order valence-electron chi connectivity index (χ2n) is 7.12. The van der Waals surface area contributed by atoms with E-state index in [1.807, 2.05) is 18.2 Å². The fourth-order valence-electron chi connectivity index (χ4n) is 3.29. The molecule has 144 valence electrons. The Bertz CT molecular complexity index is 773. The molecule has 1 fully saturated rings. The van der Waals surface area contributed by atoms with E-state index in [2.05, 4.69) is 36.3 Å². The molecule has 0 unspecified atom stereocenters. The first kappa shape index (κ1) is 19.2. The standard InChI is InChI=1S/C21H27N3O3/c1-3-23(2)13-17-7-4-6-16(10-17)12-22-21(26)18-11-20(25)24(14-18)15-19-8-5-9-27-19/h4-10,18H,3,11-15H2,1-2H3,(H,22,26)/t18-/m1/s1. The number of carbonyl (C=O) groups excluding carboxylic acids is 2. The highest BCUT2D eigenvalue weighted by atomic mass is 16.3. The van der Waals surface area contributed by atoms with Crippen molar-refractivity contribution in [3.8, 4) is 0 Å². The summed E-state index contributed by atoms with van der Waals surface area (Å²) in [6.45, 7) is 5.34. The Hall–Kier alpha value is -2.60. The van der Waals surface area contributed by atoms with Gasteiger partial charge in [-0.15, -0.1) is 0 Å². The van der Waals surface area contributed by atoms with Crippen molar-refractivity contribution in [2.75, 3.05) is 20.1 Å². The average molecular weight is 369 g/mol. The SMILES string of the molecule is CCN(C)Cc1cccc(CNC(=O)[C@@H]2CC(=O)N(Cc3ccco3)C2)c1. The Morgan fingerprint density at radius 3 is 2.85 bits per heavy atom. The second kappa shape index (κ2) is 8.86. The molecule has 0 saturated carbocycles. The van der Waals surface area contributed by atoms with Crippen LogP contribution in [-0.2, 0) is 29.2 Å². The van der Waals surface area contributed by atoms with E-state index in [1.54, 1.807) is 17.2 Å². The molecule has 1 aliphatic rings. The third-order valence-electron chi connectivity index (χ3n) is 4.96. The van der Waals surface area contributed by atoms with Crippen LogP contribution in [0.3, 0.4) is 0 Å². The Labute approximate surface area is 160 Å². The Balaban J connectivity index is 1.51. The summed E-state index contributed by atoms with van der Waals surface area (Å²) in [6, 6.07) is 11.9. The van der Waals surface area contributed by atoms with Gasteiger partial charge in [0.1, 0.15) is 5.76 Å². The largest absolute Gasteiger partial charge is 0.467 e. The molecule has 2 aromatic rings. The van der Waals surface area contributed by atoms with Gasteiger partial charge in [0.15, 0.2) is 0 Å². The van der Waals surface area contributed by atoms with Crippen LogP contribution in [-0.4, -0.2) is 41.8 Å². The molecule has 6 heteroatoms. The van der Waals surface area contributed by atoms with Gasteiger partial charge in [-0.3, -0.25) is 9.59 Å². The van der Waals surface area contributed by atoms with Gasteiger partial charge in [-0.1, -0.05) is 31.2 Å². The van der Waals surface area contributed by atoms with Crippen LogP contribution < -0.4 is 5.32 Å². The summed E-state index contributed by atoms with van der Waals surface area (Å²) in [5.41, 5.74) is 2.30. The zero-order valence-electron chi connectivity index (χ0n) is 16.0. The number of nitrogens with one attached hydrogen (secondary N) is 1. The maximum Gasteiger partial charge on any atom is 0.225 e. The number of hydrogen-bond donors (Lipinski definition) is 1. The molecule has 1 aliphatic heterocycles. The van der Waals surface area contributed by atoms with Crippen molar-refractivity contribution < 1.29 is 14.0 Å². The quantitative estimate of drug-likeness (QED) is 0.776. The lowest BCUT2D eigenvalue weighted by atomic mass is 10.1. The van der Waals surface area contributed by atoms with Crippen molar-refractivity contribution in [1.82, 2.24) is 15.1 Å². The predicted molar refractivity (Wildman–Crippen MR) is 103 cm³/mol. The molecule has 0 radical (unpaired) electrons. The van der Waals surface area contributed by atoms with Crippen LogP contribution in [0.15, 0.2) is 47.1 Å². The van der Waals surface area contributed by atoms with Gasteiger partial charge in [0.05, 0.1) is 18.7 Å². The number of furan rings is 1. The van der Waals surface area contributed by atoms with Gasteiger partial charge in [0.2, 0.25) is 11.8 Å². The highest BCUT2D eigenvalue weighted by Crippen LogP contribution is 2.20. The average Bonchev–Trinajstić information content (AvgIpc) is 3.30. The zero-order chi connectivity index (χ0) is 19.2. The lowest BCUT2D eigenvalue weighted by Crippen LogP contribution is -2.32. The van der Waals surface area contributed by atoms with Crippen molar-refractivity contribution >= 4 is 11.8 Å². The molecular formula is C21H27N3O3. The molecule has 0 bridgehead atoms. The molecule has 27 heavy (non-hydrogen) atoms. The maximum absolute atomic E-state index is 12.5. The Kier molecular flexibility index (Phi) is 6.29. The molecule has 0 spiro atoms. The smallest absolute Gasteiger partial charge is 0.225 e. The van der Waals surface area contributed by atoms with E-state index >= 15 is 0 Å². The van der Waals surface area contributed by atoms with Crippen LogP contribution in [0.2, 0.25) is 0 Å². The van der Waals surface area contributed by atoms with Crippen molar-refractivity contribution in [3.63, 3.8) is 0 Å². The molecule has 6 nitrogen and oxygen atoms in total. The number of hydrogen-bond acceptors (Lipinski definition) is 4. The predicted octanol–water partition coefficient (Wildman–Crippen LogP) is 2.40. The fourth-order valence-corrected chi connectivity index (χ4v) is 3.29. The van der Waals surface area contributed by atoms with Gasteiger partial charge < -0.3 is 19.5 Å². The van der Waals surface area contributed by atoms with Gasteiger partial charge >= 0.3 is 0 Å². The van der Waals surface area contributed by atoms with E-state index < -0.39 is 0 Å². The van der Waals surface area contributed by atoms with Crippen LogP contribution in [0.1, 0.15) is 30.2 Å². The van der Waals surface area contributed by atoms with E-state index in [9.17, 15) is 9.59 Å². The van der Waals surface area contributed by atoms with Crippen LogP contribution in [0.25, 0.3) is 0 Å². The van der Waals surface area contributed by atoms with Crippen molar-refractivity contribution in [2.45, 2.75) is 33.0 Å². The minimum Gasteiger partial charge on any atom is -0.467 e. The van der Waals surface area contributed by atoms with E-state index in [4.69, 9.17) is 4.42 Å². The summed E-state index contributed by atoms with van der Waals surface area (Å²) in [4.78, 5) is 28.6. The summed E-state index contributed by atoms with van der Waals surface area (Å²) in [7, 11) is 2.08. The highest BCUT2D eigenvalue weighted by molar-refractivity contribution is 5.89. The van der Waals surface area contributed by atoms with E-state index in [-0.39, 0.29) is 24.2 Å². The molecule has 2 amide bonds. The first-order chi connectivity index (χ1) is 13.0. The fraction of sp³-hybridized carbons (Fsp3) is 0.429. The Morgan fingerprint density at radius 1 is 1.30 bits per heavy atom. The van der Waals surface area contributed by atoms with E-state index in [0.717, 1.165) is 24.4 Å². The van der Waals surface area contributed by atoms with Crippen molar-refractivity contribution in [2.24, 2.45) is 5.92 Å². The lowest BCUT2D eigenvalue weighted by molar-refractivity contribution is -0.129. The van der Waals surface area contributed by atoms with Gasteiger partial charge in [-0.2, -0.15) is 0 Å². The first-order valence-electron chi connectivity index (χ1n) is 9.39. The molecule has 3 rings (SSSR count). The summed E-state index contributed by atoms with van der Waals surface area (Å²) >= 11 is 0. The molecule has 0 aliphatic carbocycles. The number of rotatable bonds is 8. The van der Waals surface area contributed by atoms with Crippen LogP contribution in [0.4, 0.5) is 0 Å². The third-order valence-corrected chi connectivity index (χ3v) is 4.96. The van der Waals surface area contributed by atoms with Gasteiger partial charge in [0.25, 0.3) is 0 Å².